The first kappa shape index (κ1) is 15.9. The van der Waals surface area contributed by atoms with Crippen LogP contribution in [0.15, 0.2) is 54.6 Å². The average Bonchev–Trinajstić information content (AvgIpc) is 2.55. The van der Waals surface area contributed by atoms with E-state index in [9.17, 15) is 9.90 Å². The van der Waals surface area contributed by atoms with Gasteiger partial charge in [0.1, 0.15) is 23.7 Å². The van der Waals surface area contributed by atoms with E-state index >= 15 is 0 Å². The zero-order valence-corrected chi connectivity index (χ0v) is 12.7. The molecule has 0 fully saturated rings. The highest BCUT2D eigenvalue weighted by molar-refractivity contribution is 5.75. The van der Waals surface area contributed by atoms with Crippen molar-refractivity contribution in [3.8, 4) is 11.5 Å². The first-order chi connectivity index (χ1) is 10.5. The Morgan fingerprint density at radius 1 is 1.05 bits per heavy atom. The van der Waals surface area contributed by atoms with Gasteiger partial charge in [-0.25, -0.2) is 0 Å². The number of ether oxygens (including phenoxy) is 2. The predicted octanol–water partition coefficient (Wildman–Crippen LogP) is 2.56. The quantitative estimate of drug-likeness (QED) is 0.788. The smallest absolute Gasteiger partial charge is 0.145 e. The molecule has 2 rings (SSSR count). The second-order valence-electron chi connectivity index (χ2n) is 5.22. The molecule has 4 nitrogen and oxygen atoms in total. The summed E-state index contributed by atoms with van der Waals surface area (Å²) < 4.78 is 11.2. The van der Waals surface area contributed by atoms with Gasteiger partial charge in [-0.1, -0.05) is 37.3 Å². The number of rotatable bonds is 7. The number of benzene rings is 2. The van der Waals surface area contributed by atoms with Crippen LogP contribution in [0, 0.1) is 0 Å². The van der Waals surface area contributed by atoms with Crippen LogP contribution in [0.1, 0.15) is 25.8 Å². The number of carboxylic acids is 1. The summed E-state index contributed by atoms with van der Waals surface area (Å²) in [7, 11) is 0. The van der Waals surface area contributed by atoms with Gasteiger partial charge >= 0.3 is 0 Å². The van der Waals surface area contributed by atoms with E-state index < -0.39 is 11.6 Å². The number of carbonyl (C=O) groups excluding carboxylic acids is 1. The van der Waals surface area contributed by atoms with Crippen LogP contribution in [0.25, 0.3) is 0 Å². The van der Waals surface area contributed by atoms with Crippen LogP contribution in [0.5, 0.6) is 11.5 Å². The van der Waals surface area contributed by atoms with Crippen LogP contribution in [0.2, 0.25) is 0 Å². The Kier molecular flexibility index (Phi) is 5.04. The summed E-state index contributed by atoms with van der Waals surface area (Å²) in [4.78, 5) is 11.1. The number of hydrogen-bond donors (Lipinski definition) is 0. The lowest BCUT2D eigenvalue weighted by atomic mass is 10.0. The lowest BCUT2D eigenvalue weighted by Gasteiger charge is -2.30. The van der Waals surface area contributed by atoms with E-state index in [0.29, 0.717) is 24.5 Å². The van der Waals surface area contributed by atoms with Crippen LogP contribution >= 0.6 is 0 Å². The van der Waals surface area contributed by atoms with E-state index in [1.807, 2.05) is 30.3 Å². The lowest BCUT2D eigenvalue weighted by Crippen LogP contribution is -2.49. The molecule has 0 N–H and O–H groups in total. The third-order valence-corrected chi connectivity index (χ3v) is 3.52. The standard InChI is InChI=1S/C18H20O4/c1-3-18(2,17(19)20)22-16-11-9-15(10-12-16)21-13-14-7-5-4-6-8-14/h4-12H,3,13H2,1-2H3,(H,19,20)/p-1/t18-/m0/s1. The van der Waals surface area contributed by atoms with Gasteiger partial charge in [-0.05, 0) is 43.2 Å². The Bertz CT molecular complexity index is 607. The monoisotopic (exact) mass is 299 g/mol. The highest BCUT2D eigenvalue weighted by Crippen LogP contribution is 2.24. The van der Waals surface area contributed by atoms with E-state index in [4.69, 9.17) is 9.47 Å². The maximum Gasteiger partial charge on any atom is 0.145 e. The molecule has 4 heteroatoms. The van der Waals surface area contributed by atoms with Crippen LogP contribution in [0.4, 0.5) is 0 Å². The van der Waals surface area contributed by atoms with Crippen molar-refractivity contribution < 1.29 is 19.4 Å². The van der Waals surface area contributed by atoms with Crippen molar-refractivity contribution in [2.75, 3.05) is 0 Å². The van der Waals surface area contributed by atoms with Crippen molar-refractivity contribution in [2.24, 2.45) is 0 Å². The summed E-state index contributed by atoms with van der Waals surface area (Å²) in [6, 6.07) is 16.7. The van der Waals surface area contributed by atoms with Gasteiger partial charge in [0, 0.05) is 0 Å². The minimum absolute atomic E-state index is 0.321. The van der Waals surface area contributed by atoms with Gasteiger partial charge in [-0.3, -0.25) is 0 Å². The molecule has 2 aromatic rings. The van der Waals surface area contributed by atoms with Crippen LogP contribution in [0.3, 0.4) is 0 Å². The topological polar surface area (TPSA) is 58.6 Å². The molecule has 0 aliphatic carbocycles. The number of hydrogen-bond acceptors (Lipinski definition) is 4. The fourth-order valence-electron chi connectivity index (χ4n) is 1.86. The maximum absolute atomic E-state index is 11.1. The Morgan fingerprint density at radius 2 is 1.64 bits per heavy atom. The van der Waals surface area contributed by atoms with E-state index in [-0.39, 0.29) is 0 Å². The minimum Gasteiger partial charge on any atom is -0.546 e. The van der Waals surface area contributed by atoms with Crippen LogP contribution in [-0.4, -0.2) is 11.6 Å². The molecule has 0 amide bonds. The first-order valence-electron chi connectivity index (χ1n) is 7.21. The van der Waals surface area contributed by atoms with Gasteiger partial charge in [-0.15, -0.1) is 0 Å². The van der Waals surface area contributed by atoms with Gasteiger partial charge in [0.05, 0.1) is 5.97 Å². The minimum atomic E-state index is -1.33. The number of carbonyl (C=O) groups is 1. The molecule has 22 heavy (non-hydrogen) atoms. The second kappa shape index (κ2) is 6.98. The van der Waals surface area contributed by atoms with Crippen molar-refractivity contribution in [2.45, 2.75) is 32.5 Å². The maximum atomic E-state index is 11.1. The SMILES string of the molecule is CC[C@](C)(Oc1ccc(OCc2ccccc2)cc1)C(=O)[O-]. The molecule has 0 unspecified atom stereocenters. The molecule has 0 bridgehead atoms. The Labute approximate surface area is 130 Å². The van der Waals surface area contributed by atoms with Gasteiger partial charge in [-0.2, -0.15) is 0 Å². The lowest BCUT2D eigenvalue weighted by molar-refractivity contribution is -0.321. The largest absolute Gasteiger partial charge is 0.546 e. The van der Waals surface area contributed by atoms with Crippen LogP contribution in [-0.2, 0) is 11.4 Å². The summed E-state index contributed by atoms with van der Waals surface area (Å²) in [5, 5.41) is 11.1. The molecule has 0 spiro atoms. The van der Waals surface area contributed by atoms with Crippen molar-refractivity contribution in [3.63, 3.8) is 0 Å². The van der Waals surface area contributed by atoms with Gasteiger partial charge in [0.2, 0.25) is 0 Å². The van der Waals surface area contributed by atoms with E-state index in [1.54, 1.807) is 31.2 Å². The molecular formula is C18H19O4-. The fourth-order valence-corrected chi connectivity index (χ4v) is 1.86. The predicted molar refractivity (Wildman–Crippen MR) is 81.5 cm³/mol. The van der Waals surface area contributed by atoms with Gasteiger partial charge in [0.15, 0.2) is 0 Å². The van der Waals surface area contributed by atoms with E-state index in [0.717, 1.165) is 5.56 Å². The van der Waals surface area contributed by atoms with Gasteiger partial charge in [0.25, 0.3) is 0 Å². The molecule has 1 atom stereocenters. The summed E-state index contributed by atoms with van der Waals surface area (Å²) in [6.07, 6.45) is 0.321. The molecule has 116 valence electrons. The highest BCUT2D eigenvalue weighted by Gasteiger charge is 2.25. The molecular weight excluding hydrogens is 280 g/mol. The third-order valence-electron chi connectivity index (χ3n) is 3.52. The molecule has 0 saturated carbocycles. The molecule has 2 aromatic carbocycles. The van der Waals surface area contributed by atoms with Crippen molar-refractivity contribution in [1.29, 1.82) is 0 Å². The first-order valence-corrected chi connectivity index (χ1v) is 7.21. The number of carboxylic acid groups (broad SMARTS) is 1. The summed E-state index contributed by atoms with van der Waals surface area (Å²) in [5.74, 6) is -0.0529. The summed E-state index contributed by atoms with van der Waals surface area (Å²) in [5.41, 5.74) is -0.245. The zero-order valence-electron chi connectivity index (χ0n) is 12.7. The van der Waals surface area contributed by atoms with Crippen molar-refractivity contribution >= 4 is 5.97 Å². The van der Waals surface area contributed by atoms with Gasteiger partial charge < -0.3 is 19.4 Å². The Morgan fingerprint density at radius 3 is 2.18 bits per heavy atom. The summed E-state index contributed by atoms with van der Waals surface area (Å²) in [6.45, 7) is 3.72. The Balaban J connectivity index is 1.97. The molecule has 0 aliphatic heterocycles. The molecule has 0 heterocycles. The molecule has 0 saturated heterocycles. The molecule has 0 aliphatic rings. The van der Waals surface area contributed by atoms with Crippen LogP contribution < -0.4 is 14.6 Å². The van der Waals surface area contributed by atoms with E-state index in [1.165, 1.54) is 6.92 Å². The van der Waals surface area contributed by atoms with Crippen molar-refractivity contribution in [3.05, 3.63) is 60.2 Å². The van der Waals surface area contributed by atoms with E-state index in [2.05, 4.69) is 0 Å². The second-order valence-corrected chi connectivity index (χ2v) is 5.22. The highest BCUT2D eigenvalue weighted by atomic mass is 16.5. The molecule has 0 radical (unpaired) electrons. The average molecular weight is 299 g/mol. The fraction of sp³-hybridized carbons (Fsp3) is 0.278. The number of aliphatic carboxylic acids is 1. The van der Waals surface area contributed by atoms with Crippen molar-refractivity contribution in [1.82, 2.24) is 0 Å². The summed E-state index contributed by atoms with van der Waals surface area (Å²) >= 11 is 0. The Hall–Kier alpha value is -2.49. The normalized spacial score (nSPS) is 13.2. The molecule has 0 aromatic heterocycles. The third kappa shape index (κ3) is 4.01. The zero-order chi connectivity index (χ0) is 16.0.